The largest absolute Gasteiger partial charge is 0.394 e. The molecule has 4 nitrogen and oxygen atoms in total. The van der Waals surface area contributed by atoms with E-state index >= 15 is 0 Å². The van der Waals surface area contributed by atoms with Gasteiger partial charge in [0.05, 0.1) is 12.1 Å². The quantitative estimate of drug-likeness (QED) is 0.723. The molecule has 0 atom stereocenters. The average Bonchev–Trinajstić information content (AvgIpc) is 2.62. The lowest BCUT2D eigenvalue weighted by atomic mass is 9.99. The third kappa shape index (κ3) is 3.32. The number of aromatic nitrogens is 1. The van der Waals surface area contributed by atoms with Gasteiger partial charge >= 0.3 is 0 Å². The molecule has 25 heavy (non-hydrogen) atoms. The van der Waals surface area contributed by atoms with Gasteiger partial charge in [0.15, 0.2) is 0 Å². The first-order valence-corrected chi connectivity index (χ1v) is 7.94. The SMILES string of the molecule is COC/C=C/Cn1c(=O)c(N)c(-c2ccccc2)c2cc(F)ccc21. The lowest BCUT2D eigenvalue weighted by Crippen LogP contribution is -2.24. The van der Waals surface area contributed by atoms with Crippen LogP contribution in [0.4, 0.5) is 10.1 Å². The molecule has 0 amide bonds. The van der Waals surface area contributed by atoms with Crippen molar-refractivity contribution >= 4 is 16.6 Å². The summed E-state index contributed by atoms with van der Waals surface area (Å²) in [6.07, 6.45) is 3.65. The van der Waals surface area contributed by atoms with Gasteiger partial charge < -0.3 is 15.0 Å². The number of methoxy groups -OCH3 is 1. The fourth-order valence-electron chi connectivity index (χ4n) is 2.89. The number of allylic oxidation sites excluding steroid dienone is 1. The topological polar surface area (TPSA) is 57.2 Å². The van der Waals surface area contributed by atoms with Crippen molar-refractivity contribution in [1.82, 2.24) is 4.57 Å². The number of rotatable bonds is 5. The van der Waals surface area contributed by atoms with Gasteiger partial charge in [-0.15, -0.1) is 0 Å². The van der Waals surface area contributed by atoms with E-state index in [1.54, 1.807) is 17.7 Å². The van der Waals surface area contributed by atoms with Crippen LogP contribution in [0.15, 0.2) is 65.5 Å². The summed E-state index contributed by atoms with van der Waals surface area (Å²) in [6.45, 7) is 0.794. The van der Waals surface area contributed by atoms with Gasteiger partial charge in [0, 0.05) is 24.6 Å². The van der Waals surface area contributed by atoms with Crippen LogP contribution in [0.25, 0.3) is 22.0 Å². The van der Waals surface area contributed by atoms with Gasteiger partial charge in [0.2, 0.25) is 0 Å². The van der Waals surface area contributed by atoms with Gasteiger partial charge in [0.1, 0.15) is 11.5 Å². The van der Waals surface area contributed by atoms with Crippen molar-refractivity contribution in [3.8, 4) is 11.1 Å². The maximum Gasteiger partial charge on any atom is 0.275 e. The molecule has 3 aromatic rings. The third-order valence-electron chi connectivity index (χ3n) is 4.04. The number of benzene rings is 2. The molecule has 0 saturated heterocycles. The minimum Gasteiger partial charge on any atom is -0.394 e. The molecule has 0 bridgehead atoms. The molecule has 2 N–H and O–H groups in total. The second-order valence-corrected chi connectivity index (χ2v) is 5.66. The van der Waals surface area contributed by atoms with Gasteiger partial charge in [-0.2, -0.15) is 0 Å². The highest BCUT2D eigenvalue weighted by molar-refractivity contribution is 6.00. The summed E-state index contributed by atoms with van der Waals surface area (Å²) in [7, 11) is 1.60. The number of fused-ring (bicyclic) bond motifs is 1. The lowest BCUT2D eigenvalue weighted by Gasteiger charge is -2.15. The Bertz CT molecular complexity index is 978. The number of hydrogen-bond acceptors (Lipinski definition) is 3. The van der Waals surface area contributed by atoms with Crippen LogP contribution in [-0.2, 0) is 11.3 Å². The van der Waals surface area contributed by atoms with Gasteiger partial charge in [-0.1, -0.05) is 42.5 Å². The lowest BCUT2D eigenvalue weighted by molar-refractivity contribution is 0.233. The highest BCUT2D eigenvalue weighted by Crippen LogP contribution is 2.32. The number of ether oxygens (including phenoxy) is 1. The Labute approximate surface area is 145 Å². The summed E-state index contributed by atoms with van der Waals surface area (Å²) >= 11 is 0. The predicted octanol–water partition coefficient (Wildman–Crippen LogP) is 3.59. The van der Waals surface area contributed by atoms with Crippen molar-refractivity contribution in [2.24, 2.45) is 0 Å². The molecule has 0 radical (unpaired) electrons. The fraction of sp³-hybridized carbons (Fsp3) is 0.150. The molecule has 0 spiro atoms. The van der Waals surface area contributed by atoms with Crippen molar-refractivity contribution in [1.29, 1.82) is 0 Å². The van der Waals surface area contributed by atoms with E-state index < -0.39 is 0 Å². The van der Waals surface area contributed by atoms with Crippen LogP contribution in [0.3, 0.4) is 0 Å². The molecule has 3 rings (SSSR count). The van der Waals surface area contributed by atoms with Gasteiger partial charge in [-0.05, 0) is 23.8 Å². The zero-order valence-electron chi connectivity index (χ0n) is 13.9. The van der Waals surface area contributed by atoms with Crippen LogP contribution < -0.4 is 11.3 Å². The standard InChI is InChI=1S/C20H19FN2O2/c1-25-12-6-5-11-23-17-10-9-15(21)13-16(17)18(19(22)20(23)24)14-7-3-2-4-8-14/h2-10,13H,11-12,22H2,1H3/b6-5+. The maximum absolute atomic E-state index is 13.9. The summed E-state index contributed by atoms with van der Waals surface area (Å²) in [5.74, 6) is -0.371. The number of pyridine rings is 1. The summed E-state index contributed by atoms with van der Waals surface area (Å²) in [5, 5.41) is 0.614. The normalized spacial score (nSPS) is 11.4. The van der Waals surface area contributed by atoms with Crippen molar-refractivity contribution in [2.75, 3.05) is 19.5 Å². The zero-order valence-corrected chi connectivity index (χ0v) is 13.9. The molecule has 2 aromatic carbocycles. The molecule has 0 aliphatic carbocycles. The first-order valence-electron chi connectivity index (χ1n) is 7.94. The Morgan fingerprint density at radius 2 is 1.92 bits per heavy atom. The first kappa shape index (κ1) is 16.9. The van der Waals surface area contributed by atoms with E-state index in [2.05, 4.69) is 0 Å². The summed E-state index contributed by atoms with van der Waals surface area (Å²) in [5.41, 5.74) is 7.98. The number of halogens is 1. The van der Waals surface area contributed by atoms with E-state index in [9.17, 15) is 9.18 Å². The number of nitrogen functional groups attached to an aromatic ring is 1. The molecular weight excluding hydrogens is 319 g/mol. The van der Waals surface area contributed by atoms with Crippen molar-refractivity contribution in [3.63, 3.8) is 0 Å². The van der Waals surface area contributed by atoms with Gasteiger partial charge in [0.25, 0.3) is 5.56 Å². The van der Waals surface area contributed by atoms with Crippen LogP contribution in [0.2, 0.25) is 0 Å². The Morgan fingerprint density at radius 1 is 1.16 bits per heavy atom. The molecule has 5 heteroatoms. The summed E-state index contributed by atoms with van der Waals surface area (Å²) in [4.78, 5) is 12.8. The van der Waals surface area contributed by atoms with E-state index in [-0.39, 0.29) is 17.1 Å². The molecule has 0 aliphatic heterocycles. The summed E-state index contributed by atoms with van der Waals surface area (Å²) < 4.78 is 20.4. The molecule has 0 fully saturated rings. The van der Waals surface area contributed by atoms with Crippen LogP contribution in [0, 0.1) is 5.82 Å². The monoisotopic (exact) mass is 338 g/mol. The maximum atomic E-state index is 13.9. The second kappa shape index (κ2) is 7.32. The van der Waals surface area contributed by atoms with Crippen LogP contribution in [0.5, 0.6) is 0 Å². The minimum atomic E-state index is -0.371. The Balaban J connectivity index is 2.27. The number of hydrogen-bond donors (Lipinski definition) is 1. The highest BCUT2D eigenvalue weighted by atomic mass is 19.1. The molecule has 128 valence electrons. The number of nitrogens with two attached hydrogens (primary N) is 1. The number of nitrogens with zero attached hydrogens (tertiary/aromatic N) is 1. The molecule has 1 aromatic heterocycles. The Hall–Kier alpha value is -2.92. The fourth-order valence-corrected chi connectivity index (χ4v) is 2.89. The zero-order chi connectivity index (χ0) is 17.8. The Morgan fingerprint density at radius 3 is 2.64 bits per heavy atom. The van der Waals surface area contributed by atoms with Gasteiger partial charge in [-0.3, -0.25) is 4.79 Å². The minimum absolute atomic E-state index is 0.115. The van der Waals surface area contributed by atoms with E-state index in [0.29, 0.717) is 29.6 Å². The predicted molar refractivity (Wildman–Crippen MR) is 99.0 cm³/mol. The van der Waals surface area contributed by atoms with Crippen LogP contribution in [-0.4, -0.2) is 18.3 Å². The molecule has 0 aliphatic rings. The van der Waals surface area contributed by atoms with Gasteiger partial charge in [-0.25, -0.2) is 4.39 Å². The molecule has 1 heterocycles. The van der Waals surface area contributed by atoms with Crippen molar-refractivity contribution in [3.05, 3.63) is 76.9 Å². The average molecular weight is 338 g/mol. The van der Waals surface area contributed by atoms with Crippen LogP contribution in [0.1, 0.15) is 0 Å². The van der Waals surface area contributed by atoms with E-state index in [1.165, 1.54) is 12.1 Å². The van der Waals surface area contributed by atoms with E-state index in [1.807, 2.05) is 42.5 Å². The van der Waals surface area contributed by atoms with E-state index in [0.717, 1.165) is 5.56 Å². The summed E-state index contributed by atoms with van der Waals surface area (Å²) in [6, 6.07) is 13.7. The third-order valence-corrected chi connectivity index (χ3v) is 4.04. The van der Waals surface area contributed by atoms with Crippen molar-refractivity contribution in [2.45, 2.75) is 6.54 Å². The highest BCUT2D eigenvalue weighted by Gasteiger charge is 2.16. The number of anilines is 1. The van der Waals surface area contributed by atoms with Crippen molar-refractivity contribution < 1.29 is 9.13 Å². The second-order valence-electron chi connectivity index (χ2n) is 5.66. The molecule has 0 unspecified atom stereocenters. The smallest absolute Gasteiger partial charge is 0.275 e. The Kier molecular flexibility index (Phi) is 4.95. The molecule has 0 saturated carbocycles. The molecular formula is C20H19FN2O2. The van der Waals surface area contributed by atoms with Crippen LogP contribution >= 0.6 is 0 Å². The first-order chi connectivity index (χ1) is 12.1. The van der Waals surface area contributed by atoms with E-state index in [4.69, 9.17) is 10.5 Å².